The molecule has 0 unspecified atom stereocenters. The van der Waals surface area contributed by atoms with Gasteiger partial charge in [0.25, 0.3) is 5.91 Å². The van der Waals surface area contributed by atoms with E-state index in [1.807, 2.05) is 49.0 Å². The SMILES string of the molecule is Cc1nn(C)c2sc(C(=O)NCc3ccccc3OCCC(C)C)cc12. The van der Waals surface area contributed by atoms with Gasteiger partial charge in [0.05, 0.1) is 17.2 Å². The summed E-state index contributed by atoms with van der Waals surface area (Å²) in [6.45, 7) is 7.45. The highest BCUT2D eigenvalue weighted by Crippen LogP contribution is 2.27. The average molecular weight is 372 g/mol. The van der Waals surface area contributed by atoms with E-state index in [9.17, 15) is 4.79 Å². The highest BCUT2D eigenvalue weighted by atomic mass is 32.1. The Kier molecular flexibility index (Phi) is 5.61. The van der Waals surface area contributed by atoms with Crippen molar-refractivity contribution in [2.75, 3.05) is 6.61 Å². The van der Waals surface area contributed by atoms with Crippen molar-refractivity contribution in [3.05, 3.63) is 46.5 Å². The summed E-state index contributed by atoms with van der Waals surface area (Å²) in [5.41, 5.74) is 1.94. The second-order valence-corrected chi connectivity index (χ2v) is 7.89. The van der Waals surface area contributed by atoms with Gasteiger partial charge in [-0.2, -0.15) is 5.10 Å². The monoisotopic (exact) mass is 371 g/mol. The van der Waals surface area contributed by atoms with Crippen LogP contribution in [0.3, 0.4) is 0 Å². The molecule has 0 spiro atoms. The Labute approximate surface area is 158 Å². The molecule has 138 valence electrons. The number of ether oxygens (including phenoxy) is 1. The largest absolute Gasteiger partial charge is 0.493 e. The molecule has 0 aliphatic rings. The number of aryl methyl sites for hydroxylation is 2. The Bertz CT molecular complexity index is 877. The van der Waals surface area contributed by atoms with Crippen molar-refractivity contribution < 1.29 is 9.53 Å². The van der Waals surface area contributed by atoms with Gasteiger partial charge in [-0.05, 0) is 31.4 Å². The number of nitrogens with one attached hydrogen (secondary N) is 1. The molecule has 0 radical (unpaired) electrons. The number of carbonyl (C=O) groups excluding carboxylic acids is 1. The lowest BCUT2D eigenvalue weighted by Gasteiger charge is -2.13. The van der Waals surface area contributed by atoms with E-state index in [4.69, 9.17) is 4.74 Å². The number of nitrogens with zero attached hydrogens (tertiary/aromatic N) is 2. The van der Waals surface area contributed by atoms with Crippen LogP contribution >= 0.6 is 11.3 Å². The van der Waals surface area contributed by atoms with Gasteiger partial charge in [-0.1, -0.05) is 32.0 Å². The zero-order valence-electron chi connectivity index (χ0n) is 15.7. The molecule has 5 nitrogen and oxygen atoms in total. The fourth-order valence-electron chi connectivity index (χ4n) is 2.78. The molecule has 0 bridgehead atoms. The van der Waals surface area contributed by atoms with Crippen LogP contribution in [0.5, 0.6) is 5.75 Å². The summed E-state index contributed by atoms with van der Waals surface area (Å²) in [6.07, 6.45) is 1.01. The van der Waals surface area contributed by atoms with E-state index < -0.39 is 0 Å². The number of hydrogen-bond donors (Lipinski definition) is 1. The summed E-state index contributed by atoms with van der Waals surface area (Å²) in [6, 6.07) is 9.78. The van der Waals surface area contributed by atoms with Crippen molar-refractivity contribution in [1.82, 2.24) is 15.1 Å². The quantitative estimate of drug-likeness (QED) is 0.674. The number of carbonyl (C=O) groups is 1. The Morgan fingerprint density at radius 1 is 1.35 bits per heavy atom. The zero-order chi connectivity index (χ0) is 18.7. The standard InChI is InChI=1S/C20H25N3O2S/c1-13(2)9-10-25-17-8-6-5-7-15(17)12-21-19(24)18-11-16-14(3)22-23(4)20(16)26-18/h5-8,11,13H,9-10,12H2,1-4H3,(H,21,24). The Balaban J connectivity index is 1.66. The smallest absolute Gasteiger partial charge is 0.261 e. The van der Waals surface area contributed by atoms with E-state index in [0.717, 1.165) is 33.6 Å². The number of benzene rings is 1. The van der Waals surface area contributed by atoms with Crippen LogP contribution in [0.1, 0.15) is 41.2 Å². The van der Waals surface area contributed by atoms with Crippen molar-refractivity contribution in [3.8, 4) is 5.75 Å². The maximum absolute atomic E-state index is 12.6. The maximum Gasteiger partial charge on any atom is 0.261 e. The van der Waals surface area contributed by atoms with E-state index in [-0.39, 0.29) is 5.91 Å². The van der Waals surface area contributed by atoms with E-state index in [0.29, 0.717) is 23.9 Å². The molecule has 2 aromatic heterocycles. The molecular formula is C20H25N3O2S. The number of thiophene rings is 1. The van der Waals surface area contributed by atoms with Gasteiger partial charge in [0.1, 0.15) is 10.6 Å². The van der Waals surface area contributed by atoms with Crippen LogP contribution in [-0.2, 0) is 13.6 Å². The molecule has 1 amide bonds. The number of para-hydroxylation sites is 1. The van der Waals surface area contributed by atoms with Crippen LogP contribution in [0.15, 0.2) is 30.3 Å². The van der Waals surface area contributed by atoms with E-state index in [1.165, 1.54) is 11.3 Å². The number of hydrogen-bond acceptors (Lipinski definition) is 4. The van der Waals surface area contributed by atoms with Crippen LogP contribution in [0.4, 0.5) is 0 Å². The van der Waals surface area contributed by atoms with Crippen LogP contribution in [0.25, 0.3) is 10.2 Å². The molecule has 6 heteroatoms. The van der Waals surface area contributed by atoms with Gasteiger partial charge in [-0.3, -0.25) is 9.48 Å². The highest BCUT2D eigenvalue weighted by Gasteiger charge is 2.15. The van der Waals surface area contributed by atoms with Gasteiger partial charge in [0.2, 0.25) is 0 Å². The van der Waals surface area contributed by atoms with Gasteiger partial charge in [-0.25, -0.2) is 0 Å². The molecule has 0 saturated heterocycles. The summed E-state index contributed by atoms with van der Waals surface area (Å²) in [5, 5.41) is 8.42. The molecule has 1 N–H and O–H groups in total. The lowest BCUT2D eigenvalue weighted by molar-refractivity contribution is 0.0954. The van der Waals surface area contributed by atoms with Crippen molar-refractivity contribution in [2.45, 2.75) is 33.7 Å². The molecule has 0 saturated carbocycles. The number of aromatic nitrogens is 2. The minimum Gasteiger partial charge on any atom is -0.493 e. The molecule has 0 aliphatic carbocycles. The molecule has 26 heavy (non-hydrogen) atoms. The minimum absolute atomic E-state index is 0.0671. The molecule has 0 atom stereocenters. The third-order valence-electron chi connectivity index (χ3n) is 4.28. The normalized spacial score (nSPS) is 11.3. The molecule has 0 aliphatic heterocycles. The summed E-state index contributed by atoms with van der Waals surface area (Å²) in [4.78, 5) is 14.3. The van der Waals surface area contributed by atoms with E-state index in [2.05, 4.69) is 24.3 Å². The fraction of sp³-hybridized carbons (Fsp3) is 0.400. The van der Waals surface area contributed by atoms with E-state index in [1.54, 1.807) is 0 Å². The second-order valence-electron chi connectivity index (χ2n) is 6.86. The van der Waals surface area contributed by atoms with Gasteiger partial charge in [0.15, 0.2) is 0 Å². The predicted molar refractivity (Wildman–Crippen MR) is 106 cm³/mol. The van der Waals surface area contributed by atoms with Gasteiger partial charge < -0.3 is 10.1 Å². The average Bonchev–Trinajstić information content (AvgIpc) is 3.15. The lowest BCUT2D eigenvalue weighted by atomic mass is 10.1. The lowest BCUT2D eigenvalue weighted by Crippen LogP contribution is -2.22. The van der Waals surface area contributed by atoms with Gasteiger partial charge in [0, 0.05) is 24.5 Å². The Hall–Kier alpha value is -2.34. The summed E-state index contributed by atoms with van der Waals surface area (Å²) in [7, 11) is 1.90. The van der Waals surface area contributed by atoms with Crippen molar-refractivity contribution in [1.29, 1.82) is 0 Å². The fourth-order valence-corrected chi connectivity index (χ4v) is 3.81. The molecule has 3 rings (SSSR count). The second kappa shape index (κ2) is 7.91. The summed E-state index contributed by atoms with van der Waals surface area (Å²) < 4.78 is 7.72. The molecule has 3 aromatic rings. The van der Waals surface area contributed by atoms with Crippen molar-refractivity contribution in [2.24, 2.45) is 13.0 Å². The minimum atomic E-state index is -0.0671. The topological polar surface area (TPSA) is 56.2 Å². The van der Waals surface area contributed by atoms with Crippen LogP contribution < -0.4 is 10.1 Å². The predicted octanol–water partition coefficient (Wildman–Crippen LogP) is 4.30. The van der Waals surface area contributed by atoms with Crippen molar-refractivity contribution >= 4 is 27.5 Å². The first-order chi connectivity index (χ1) is 12.5. The Morgan fingerprint density at radius 3 is 2.85 bits per heavy atom. The summed E-state index contributed by atoms with van der Waals surface area (Å²) >= 11 is 1.47. The van der Waals surface area contributed by atoms with Crippen LogP contribution in [-0.4, -0.2) is 22.3 Å². The number of fused-ring (bicyclic) bond motifs is 1. The van der Waals surface area contributed by atoms with Crippen LogP contribution in [0.2, 0.25) is 0 Å². The zero-order valence-corrected chi connectivity index (χ0v) is 16.5. The summed E-state index contributed by atoms with van der Waals surface area (Å²) in [5.74, 6) is 1.38. The highest BCUT2D eigenvalue weighted by molar-refractivity contribution is 7.20. The molecule has 2 heterocycles. The first-order valence-corrected chi connectivity index (χ1v) is 9.69. The van der Waals surface area contributed by atoms with Gasteiger partial charge >= 0.3 is 0 Å². The number of amides is 1. The van der Waals surface area contributed by atoms with Crippen LogP contribution in [0, 0.1) is 12.8 Å². The third-order valence-corrected chi connectivity index (χ3v) is 5.49. The molecule has 1 aromatic carbocycles. The van der Waals surface area contributed by atoms with Crippen molar-refractivity contribution in [3.63, 3.8) is 0 Å². The third kappa shape index (κ3) is 4.07. The van der Waals surface area contributed by atoms with E-state index >= 15 is 0 Å². The first kappa shape index (κ1) is 18.5. The number of rotatable bonds is 7. The maximum atomic E-state index is 12.6. The molecular weight excluding hydrogens is 346 g/mol. The molecule has 0 fully saturated rings. The first-order valence-electron chi connectivity index (χ1n) is 8.87. The Morgan fingerprint density at radius 2 is 2.12 bits per heavy atom. The van der Waals surface area contributed by atoms with Gasteiger partial charge in [-0.15, -0.1) is 11.3 Å².